The molecule has 0 radical (unpaired) electrons. The number of halogens is 2. The summed E-state index contributed by atoms with van der Waals surface area (Å²) >= 11 is 0. The summed E-state index contributed by atoms with van der Waals surface area (Å²) in [6.07, 6.45) is 47.9. The summed E-state index contributed by atoms with van der Waals surface area (Å²) in [6.45, 7) is 19.4. The highest BCUT2D eigenvalue weighted by Gasteiger charge is 2.43. The van der Waals surface area contributed by atoms with Crippen molar-refractivity contribution in [2.75, 3.05) is 187 Å². The number of hydrogen-bond donors (Lipinski definition) is 0. The molecule has 4 aliphatic rings. The van der Waals surface area contributed by atoms with Crippen molar-refractivity contribution in [2.24, 2.45) is 0 Å². The van der Waals surface area contributed by atoms with Gasteiger partial charge in [0.25, 0.3) is 0 Å². The fourth-order valence-electron chi connectivity index (χ4n) is 12.1. The van der Waals surface area contributed by atoms with Crippen LogP contribution in [0.3, 0.4) is 0 Å². The van der Waals surface area contributed by atoms with E-state index in [0.717, 1.165) is 53.4 Å². The van der Waals surface area contributed by atoms with E-state index in [0.29, 0.717) is 132 Å². The molecule has 16 nitrogen and oxygen atoms in total. The molecule has 4 heterocycles. The standard InChI is InChI=1S/C35H72NO7Si.C34H70NO7Si.2ClH/c1-4-5-6-7-8-9-10-11-12-13-14-15-16-17-18-19-22-36(2,3)23-20-33-44-41-30-27-37-24-21-35(40-29-32-43-44)34-39-26-25-38-28-31-42-44;1-4-5-6-7-8-9-10-11-12-13-14-15-16-17-18-19-21-35(2,3)22-20-31-43-40-28-25-36-23-24-37-32-34(39-27-30-42-43)33-38-26-29-41-43;;/h35H,4-34H2,1-3H3;34H,4-33H2,1-3H3;2*1H/q2*+1;;/p-2. The minimum atomic E-state index is -2.88. The average Bonchev–Trinajstić information content (AvgIpc) is 3.80. The lowest BCUT2D eigenvalue weighted by Gasteiger charge is -2.33. The van der Waals surface area contributed by atoms with Gasteiger partial charge in [0.1, 0.15) is 6.10 Å². The molecule has 0 aromatic rings. The van der Waals surface area contributed by atoms with Crippen LogP contribution in [0.15, 0.2) is 0 Å². The van der Waals surface area contributed by atoms with Crippen LogP contribution in [-0.2, 0) is 64.5 Å². The third-order valence-corrected chi connectivity index (χ3v) is 23.5. The topological polar surface area (TPSA) is 129 Å². The first-order valence-electron chi connectivity index (χ1n) is 36.8. The molecule has 89 heavy (non-hydrogen) atoms. The molecule has 4 fully saturated rings. The monoisotopic (exact) mass is 1350 g/mol. The van der Waals surface area contributed by atoms with Crippen LogP contribution in [0.5, 0.6) is 0 Å². The number of ether oxygens (including phenoxy) is 8. The SMILES string of the molecule is CCCCCCCCCCCCCCCCCC[N+](C)(C)CCC[Si]12OCCOCCOCC(CCOCCO1)OCCO2.CCCCCCCCCCCCCCCCCC[N+](C)(C)CCC[Si]12OCCOCCOCC(COCCO1)OCCO2.[Cl-].[Cl-]. The first-order valence-corrected chi connectivity index (χ1v) is 40.6. The number of hydrogen-bond acceptors (Lipinski definition) is 14. The maximum absolute atomic E-state index is 6.41. The van der Waals surface area contributed by atoms with Crippen LogP contribution in [0.4, 0.5) is 0 Å². The second kappa shape index (κ2) is 60.8. The molecule has 0 aromatic heterocycles. The maximum Gasteiger partial charge on any atom is 0.501 e. The second-order valence-electron chi connectivity index (χ2n) is 26.9. The van der Waals surface area contributed by atoms with E-state index < -0.39 is 17.6 Å². The maximum atomic E-state index is 6.41. The van der Waals surface area contributed by atoms with Crippen molar-refractivity contribution < 1.29 is 98.2 Å². The average molecular weight is 1350 g/mol. The van der Waals surface area contributed by atoms with Gasteiger partial charge in [-0.25, -0.2) is 0 Å². The number of fused-ring (bicyclic) bond motifs is 10. The Hall–Kier alpha value is 0.374. The van der Waals surface area contributed by atoms with Gasteiger partial charge >= 0.3 is 17.6 Å². The summed E-state index contributed by atoms with van der Waals surface area (Å²) in [5.41, 5.74) is 0. The second-order valence-corrected chi connectivity index (χ2v) is 32.3. The predicted octanol–water partition coefficient (Wildman–Crippen LogP) is 8.73. The summed E-state index contributed by atoms with van der Waals surface area (Å²) in [4.78, 5) is 0. The van der Waals surface area contributed by atoms with Crippen molar-refractivity contribution in [2.45, 2.75) is 263 Å². The number of unbranched alkanes of at least 4 members (excludes halogenated alkanes) is 30. The van der Waals surface area contributed by atoms with E-state index in [1.54, 1.807) is 0 Å². The van der Waals surface area contributed by atoms with Crippen LogP contribution >= 0.6 is 0 Å². The highest BCUT2D eigenvalue weighted by atomic mass is 35.5. The third-order valence-electron chi connectivity index (χ3n) is 17.7. The third kappa shape index (κ3) is 51.3. The lowest BCUT2D eigenvalue weighted by molar-refractivity contribution is -0.890. The van der Waals surface area contributed by atoms with Gasteiger partial charge in [-0.05, 0) is 32.1 Å². The van der Waals surface area contributed by atoms with Gasteiger partial charge in [-0.1, -0.05) is 194 Å². The Labute approximate surface area is 562 Å². The van der Waals surface area contributed by atoms with Gasteiger partial charge in [0.2, 0.25) is 0 Å². The van der Waals surface area contributed by atoms with Gasteiger partial charge in [0.05, 0.1) is 186 Å². The fourth-order valence-corrected chi connectivity index (χ4v) is 17.1. The lowest BCUT2D eigenvalue weighted by atomic mass is 10.0. The Kier molecular flexibility index (Phi) is 59.7. The Morgan fingerprint density at radius 2 is 0.494 bits per heavy atom. The van der Waals surface area contributed by atoms with E-state index in [9.17, 15) is 0 Å². The van der Waals surface area contributed by atoms with Crippen molar-refractivity contribution in [1.82, 2.24) is 0 Å². The van der Waals surface area contributed by atoms with Crippen LogP contribution < -0.4 is 24.8 Å². The van der Waals surface area contributed by atoms with E-state index in [2.05, 4.69) is 42.0 Å². The van der Waals surface area contributed by atoms with Crippen molar-refractivity contribution in [3.8, 4) is 0 Å². The van der Waals surface area contributed by atoms with E-state index in [1.165, 1.54) is 219 Å². The predicted molar refractivity (Wildman–Crippen MR) is 358 cm³/mol. The number of quaternary nitrogens is 2. The largest absolute Gasteiger partial charge is 1.00 e. The molecule has 534 valence electrons. The van der Waals surface area contributed by atoms with Crippen LogP contribution in [0.1, 0.15) is 239 Å². The van der Waals surface area contributed by atoms with Crippen molar-refractivity contribution >= 4 is 17.6 Å². The molecular weight excluding hydrogens is 1210 g/mol. The summed E-state index contributed by atoms with van der Waals surface area (Å²) in [5.74, 6) is 0. The van der Waals surface area contributed by atoms with E-state index >= 15 is 0 Å². The molecule has 4 bridgehead atoms. The van der Waals surface area contributed by atoms with Crippen LogP contribution in [0.2, 0.25) is 12.1 Å². The molecule has 4 aliphatic heterocycles. The van der Waals surface area contributed by atoms with E-state index in [-0.39, 0.29) is 37.0 Å². The minimum absolute atomic E-state index is 0. The van der Waals surface area contributed by atoms with Crippen LogP contribution in [-0.4, -0.2) is 225 Å². The minimum Gasteiger partial charge on any atom is -1.00 e. The molecule has 0 aliphatic carbocycles. The quantitative estimate of drug-likeness (QED) is 0.0328. The van der Waals surface area contributed by atoms with Crippen LogP contribution in [0, 0.1) is 0 Å². The number of rotatable bonds is 42. The van der Waals surface area contributed by atoms with Gasteiger partial charge < -0.3 is 98.2 Å². The fraction of sp³-hybridized carbons (Fsp3) is 1.00. The van der Waals surface area contributed by atoms with Crippen LogP contribution in [0.25, 0.3) is 0 Å². The molecule has 4 atom stereocenters. The normalized spacial score (nSPS) is 22.9. The molecule has 0 spiro atoms. The number of nitrogens with zero attached hydrogens (tertiary/aromatic N) is 2. The highest BCUT2D eigenvalue weighted by molar-refractivity contribution is 6.61. The first kappa shape index (κ1) is 87.4. The molecule has 0 N–H and O–H groups in total. The van der Waals surface area contributed by atoms with Crippen molar-refractivity contribution in [1.29, 1.82) is 0 Å². The van der Waals surface area contributed by atoms with Gasteiger partial charge in [-0.15, -0.1) is 0 Å². The van der Waals surface area contributed by atoms with E-state index in [4.69, 9.17) is 64.5 Å². The lowest BCUT2D eigenvalue weighted by Crippen LogP contribution is -3.00. The molecule has 20 heteroatoms. The van der Waals surface area contributed by atoms with E-state index in [1.807, 2.05) is 0 Å². The Bertz CT molecular complexity index is 1500. The smallest absolute Gasteiger partial charge is 0.501 e. The molecule has 0 aromatic carbocycles. The summed E-state index contributed by atoms with van der Waals surface area (Å²) in [6, 6.07) is 1.61. The highest BCUT2D eigenvalue weighted by Crippen LogP contribution is 2.24. The zero-order chi connectivity index (χ0) is 62.2. The zero-order valence-electron chi connectivity index (χ0n) is 58.7. The molecule has 0 saturated carbocycles. The summed E-state index contributed by atoms with van der Waals surface area (Å²) in [5, 5.41) is 0. The van der Waals surface area contributed by atoms with Gasteiger partial charge in [-0.3, -0.25) is 0 Å². The zero-order valence-corrected chi connectivity index (χ0v) is 62.2. The Morgan fingerprint density at radius 1 is 0.258 bits per heavy atom. The molecular formula is C69H142Cl2N2O14Si2. The van der Waals surface area contributed by atoms with Gasteiger partial charge in [0.15, 0.2) is 0 Å². The molecule has 4 unspecified atom stereocenters. The Balaban J connectivity index is 0.000000871. The van der Waals surface area contributed by atoms with Gasteiger partial charge in [0, 0.05) is 31.5 Å². The molecule has 4 rings (SSSR count). The first-order chi connectivity index (χ1) is 42.6. The Morgan fingerprint density at radius 3 is 0.831 bits per heavy atom. The van der Waals surface area contributed by atoms with Crippen molar-refractivity contribution in [3.63, 3.8) is 0 Å². The van der Waals surface area contributed by atoms with Crippen molar-refractivity contribution in [3.05, 3.63) is 0 Å². The summed E-state index contributed by atoms with van der Waals surface area (Å²) in [7, 11) is 3.69. The molecule has 4 saturated heterocycles. The van der Waals surface area contributed by atoms with Gasteiger partial charge in [-0.2, -0.15) is 0 Å². The molecule has 0 amide bonds. The summed E-state index contributed by atoms with van der Waals surface area (Å²) < 4.78 is 86.9.